The molecule has 1 aromatic heterocycles. The minimum Gasteiger partial charge on any atom is -0.488 e. The Hall–Kier alpha value is -3.33. The Labute approximate surface area is 172 Å². The summed E-state index contributed by atoms with van der Waals surface area (Å²) in [4.78, 5) is 7.22. The van der Waals surface area contributed by atoms with Crippen molar-refractivity contribution in [1.29, 1.82) is 0 Å². The number of rotatable bonds is 7. The number of anilines is 1. The summed E-state index contributed by atoms with van der Waals surface area (Å²) in [5.41, 5.74) is 5.36. The van der Waals surface area contributed by atoms with Crippen molar-refractivity contribution in [2.75, 3.05) is 18.0 Å². The van der Waals surface area contributed by atoms with Gasteiger partial charge in [0.2, 0.25) is 0 Å². The molecule has 29 heavy (non-hydrogen) atoms. The van der Waals surface area contributed by atoms with E-state index >= 15 is 0 Å². The molecule has 0 amide bonds. The molecule has 3 aromatic carbocycles. The Morgan fingerprint density at radius 2 is 1.48 bits per heavy atom. The lowest BCUT2D eigenvalue weighted by Gasteiger charge is -2.21. The summed E-state index contributed by atoms with van der Waals surface area (Å²) in [5.74, 6) is 0.863. The third-order valence-electron chi connectivity index (χ3n) is 5.21. The van der Waals surface area contributed by atoms with Gasteiger partial charge in [0, 0.05) is 35.8 Å². The molecule has 0 fully saturated rings. The van der Waals surface area contributed by atoms with Crippen molar-refractivity contribution in [3.05, 3.63) is 90.5 Å². The molecule has 0 unspecified atom stereocenters. The predicted octanol–water partition coefficient (Wildman–Crippen LogP) is 6.33. The molecule has 0 radical (unpaired) electrons. The van der Waals surface area contributed by atoms with E-state index in [1.54, 1.807) is 0 Å². The number of para-hydroxylation sites is 1. The SMILES string of the molecule is CCN(CC)c1ccc(-c2cc(OCc3ccccc3)c3ccccc3n2)cc1. The van der Waals surface area contributed by atoms with Crippen molar-refractivity contribution in [1.82, 2.24) is 4.98 Å². The van der Waals surface area contributed by atoms with E-state index in [2.05, 4.69) is 67.3 Å². The van der Waals surface area contributed by atoms with Crippen molar-refractivity contribution in [2.24, 2.45) is 0 Å². The van der Waals surface area contributed by atoms with E-state index < -0.39 is 0 Å². The summed E-state index contributed by atoms with van der Waals surface area (Å²) in [5, 5.41) is 1.03. The van der Waals surface area contributed by atoms with Crippen molar-refractivity contribution in [2.45, 2.75) is 20.5 Å². The third-order valence-corrected chi connectivity index (χ3v) is 5.21. The molecule has 0 spiro atoms. The Balaban J connectivity index is 1.68. The third kappa shape index (κ3) is 4.24. The maximum absolute atomic E-state index is 6.22. The number of pyridine rings is 1. The van der Waals surface area contributed by atoms with Crippen molar-refractivity contribution < 1.29 is 4.74 Å². The van der Waals surface area contributed by atoms with E-state index in [0.717, 1.165) is 46.6 Å². The van der Waals surface area contributed by atoms with Crippen LogP contribution in [-0.4, -0.2) is 18.1 Å². The van der Waals surface area contributed by atoms with Crippen molar-refractivity contribution in [3.8, 4) is 17.0 Å². The topological polar surface area (TPSA) is 25.4 Å². The van der Waals surface area contributed by atoms with Crippen molar-refractivity contribution in [3.63, 3.8) is 0 Å². The molecule has 146 valence electrons. The Morgan fingerprint density at radius 1 is 0.793 bits per heavy atom. The largest absolute Gasteiger partial charge is 0.488 e. The molecular weight excluding hydrogens is 356 g/mol. The molecule has 0 bridgehead atoms. The molecule has 3 heteroatoms. The van der Waals surface area contributed by atoms with Crippen LogP contribution in [0, 0.1) is 0 Å². The predicted molar refractivity (Wildman–Crippen MR) is 122 cm³/mol. The molecule has 0 saturated carbocycles. The number of hydrogen-bond donors (Lipinski definition) is 0. The summed E-state index contributed by atoms with van der Waals surface area (Å²) in [6.07, 6.45) is 0. The monoisotopic (exact) mass is 382 g/mol. The zero-order valence-electron chi connectivity index (χ0n) is 17.0. The molecule has 4 aromatic rings. The van der Waals surface area contributed by atoms with Gasteiger partial charge in [-0.2, -0.15) is 0 Å². The molecule has 3 nitrogen and oxygen atoms in total. The van der Waals surface area contributed by atoms with Crippen LogP contribution in [0.2, 0.25) is 0 Å². The van der Waals surface area contributed by atoms with Gasteiger partial charge in [0.05, 0.1) is 11.2 Å². The van der Waals surface area contributed by atoms with Crippen LogP contribution in [0.25, 0.3) is 22.2 Å². The molecule has 0 aliphatic carbocycles. The van der Waals surface area contributed by atoms with Crippen LogP contribution in [0.5, 0.6) is 5.75 Å². The molecule has 0 atom stereocenters. The lowest BCUT2D eigenvalue weighted by molar-refractivity contribution is 0.310. The first-order valence-corrected chi connectivity index (χ1v) is 10.2. The zero-order chi connectivity index (χ0) is 20.1. The van der Waals surface area contributed by atoms with Gasteiger partial charge in [-0.3, -0.25) is 0 Å². The second kappa shape index (κ2) is 8.78. The fraction of sp³-hybridized carbons (Fsp3) is 0.192. The molecular formula is C26H26N2O. The van der Waals surface area contributed by atoms with Gasteiger partial charge in [-0.15, -0.1) is 0 Å². The van der Waals surface area contributed by atoms with E-state index in [4.69, 9.17) is 9.72 Å². The summed E-state index contributed by atoms with van der Waals surface area (Å²) in [6.45, 7) is 6.90. The smallest absolute Gasteiger partial charge is 0.131 e. The first kappa shape index (κ1) is 19.0. The molecule has 0 aliphatic rings. The quantitative estimate of drug-likeness (QED) is 0.373. The highest BCUT2D eigenvalue weighted by Crippen LogP contribution is 2.31. The summed E-state index contributed by atoms with van der Waals surface area (Å²) < 4.78 is 6.22. The molecule has 0 saturated heterocycles. The van der Waals surface area contributed by atoms with E-state index in [1.165, 1.54) is 5.69 Å². The fourth-order valence-electron chi connectivity index (χ4n) is 3.58. The number of fused-ring (bicyclic) bond motifs is 1. The van der Waals surface area contributed by atoms with E-state index in [1.807, 2.05) is 36.4 Å². The summed E-state index contributed by atoms with van der Waals surface area (Å²) in [6, 6.07) is 29.1. The summed E-state index contributed by atoms with van der Waals surface area (Å²) >= 11 is 0. The Kier molecular flexibility index (Phi) is 5.76. The molecule has 1 heterocycles. The van der Waals surface area contributed by atoms with Gasteiger partial charge in [-0.25, -0.2) is 4.98 Å². The van der Waals surface area contributed by atoms with E-state index in [9.17, 15) is 0 Å². The molecule has 0 aliphatic heterocycles. The van der Waals surface area contributed by atoms with Gasteiger partial charge in [-0.05, 0) is 43.7 Å². The minimum atomic E-state index is 0.537. The van der Waals surface area contributed by atoms with Crippen LogP contribution < -0.4 is 9.64 Å². The standard InChI is InChI=1S/C26H26N2O/c1-3-28(4-2)22-16-14-21(15-17-22)25-18-26(23-12-8-9-13-24(23)27-25)29-19-20-10-6-5-7-11-20/h5-18H,3-4,19H2,1-2H3. The van der Waals surface area contributed by atoms with Crippen LogP contribution in [-0.2, 0) is 6.61 Å². The first-order chi connectivity index (χ1) is 14.3. The molecule has 0 N–H and O–H groups in total. The van der Waals surface area contributed by atoms with Crippen LogP contribution in [0.3, 0.4) is 0 Å². The van der Waals surface area contributed by atoms with Gasteiger partial charge in [-0.1, -0.05) is 54.6 Å². The highest BCUT2D eigenvalue weighted by Gasteiger charge is 2.10. The normalized spacial score (nSPS) is 10.8. The maximum atomic E-state index is 6.22. The molecule has 4 rings (SSSR count). The van der Waals surface area contributed by atoms with Gasteiger partial charge in [0.15, 0.2) is 0 Å². The lowest BCUT2D eigenvalue weighted by atomic mass is 10.1. The van der Waals surface area contributed by atoms with Gasteiger partial charge < -0.3 is 9.64 Å². The van der Waals surface area contributed by atoms with Crippen molar-refractivity contribution >= 4 is 16.6 Å². The fourth-order valence-corrected chi connectivity index (χ4v) is 3.58. The van der Waals surface area contributed by atoms with Crippen LogP contribution >= 0.6 is 0 Å². The number of benzene rings is 3. The Morgan fingerprint density at radius 3 is 2.21 bits per heavy atom. The number of ether oxygens (including phenoxy) is 1. The number of aromatic nitrogens is 1. The number of hydrogen-bond acceptors (Lipinski definition) is 3. The van der Waals surface area contributed by atoms with Crippen LogP contribution in [0.1, 0.15) is 19.4 Å². The average molecular weight is 383 g/mol. The van der Waals surface area contributed by atoms with Gasteiger partial charge in [0.25, 0.3) is 0 Å². The second-order valence-electron chi connectivity index (χ2n) is 7.02. The maximum Gasteiger partial charge on any atom is 0.131 e. The average Bonchev–Trinajstić information content (AvgIpc) is 2.79. The first-order valence-electron chi connectivity index (χ1n) is 10.2. The zero-order valence-corrected chi connectivity index (χ0v) is 17.0. The highest BCUT2D eigenvalue weighted by molar-refractivity contribution is 5.88. The summed E-state index contributed by atoms with van der Waals surface area (Å²) in [7, 11) is 0. The second-order valence-corrected chi connectivity index (χ2v) is 7.02. The van der Waals surface area contributed by atoms with E-state index in [-0.39, 0.29) is 0 Å². The highest BCUT2D eigenvalue weighted by atomic mass is 16.5. The van der Waals surface area contributed by atoms with Gasteiger partial charge in [0.1, 0.15) is 12.4 Å². The van der Waals surface area contributed by atoms with E-state index in [0.29, 0.717) is 6.61 Å². The Bertz CT molecular complexity index is 1070. The van der Waals surface area contributed by atoms with Crippen LogP contribution in [0.4, 0.5) is 5.69 Å². The van der Waals surface area contributed by atoms with Crippen LogP contribution in [0.15, 0.2) is 84.9 Å². The number of nitrogens with zero attached hydrogens (tertiary/aromatic N) is 2. The lowest BCUT2D eigenvalue weighted by Crippen LogP contribution is -2.21. The minimum absolute atomic E-state index is 0.537. The van der Waals surface area contributed by atoms with Gasteiger partial charge >= 0.3 is 0 Å².